The van der Waals surface area contributed by atoms with Gasteiger partial charge in [0.25, 0.3) is 0 Å². The van der Waals surface area contributed by atoms with Crippen molar-refractivity contribution in [2.45, 2.75) is 6.54 Å². The molecule has 0 spiro atoms. The lowest BCUT2D eigenvalue weighted by Crippen LogP contribution is -2.28. The van der Waals surface area contributed by atoms with Gasteiger partial charge in [0.1, 0.15) is 0 Å². The molecule has 90 valence electrons. The fourth-order valence-corrected chi connectivity index (χ4v) is 1.68. The predicted octanol–water partition coefficient (Wildman–Crippen LogP) is 2.51. The van der Waals surface area contributed by atoms with Crippen molar-refractivity contribution in [3.8, 4) is 0 Å². The van der Waals surface area contributed by atoms with Gasteiger partial charge >= 0.3 is 0 Å². The zero-order valence-electron chi connectivity index (χ0n) is 10.1. The zero-order chi connectivity index (χ0) is 11.9. The molecule has 3 heteroatoms. The summed E-state index contributed by atoms with van der Waals surface area (Å²) in [6.45, 7) is 2.80. The second-order valence-electron chi connectivity index (χ2n) is 4.07. The average molecular weight is 230 g/mol. The van der Waals surface area contributed by atoms with Crippen LogP contribution in [-0.4, -0.2) is 20.1 Å². The number of hydrogen-bond donors (Lipinski definition) is 1. The molecule has 0 aliphatic rings. The lowest BCUT2D eigenvalue weighted by atomic mass is 10.3. The summed E-state index contributed by atoms with van der Waals surface area (Å²) in [6, 6.07) is 12.4. The van der Waals surface area contributed by atoms with Crippen molar-refractivity contribution in [2.75, 3.05) is 25.0 Å². The summed E-state index contributed by atoms with van der Waals surface area (Å²) in [5.74, 6) is 0. The number of benzene rings is 1. The Kier molecular flexibility index (Phi) is 4.22. The van der Waals surface area contributed by atoms with E-state index in [4.69, 9.17) is 4.42 Å². The molecular weight excluding hydrogens is 212 g/mol. The van der Waals surface area contributed by atoms with Crippen molar-refractivity contribution in [3.63, 3.8) is 0 Å². The van der Waals surface area contributed by atoms with E-state index in [1.165, 1.54) is 11.3 Å². The summed E-state index contributed by atoms with van der Waals surface area (Å²) in [5.41, 5.74) is 2.44. The molecule has 2 rings (SSSR count). The molecule has 0 atom stereocenters. The molecule has 1 aromatic carbocycles. The van der Waals surface area contributed by atoms with Crippen molar-refractivity contribution >= 4 is 5.69 Å². The first-order valence-electron chi connectivity index (χ1n) is 5.84. The lowest BCUT2D eigenvalue weighted by Gasteiger charge is -2.19. The van der Waals surface area contributed by atoms with Gasteiger partial charge in [-0.05, 0) is 18.2 Å². The van der Waals surface area contributed by atoms with E-state index in [0.29, 0.717) is 0 Å². The van der Waals surface area contributed by atoms with Crippen LogP contribution in [0.3, 0.4) is 0 Å². The van der Waals surface area contributed by atoms with Crippen LogP contribution in [0.25, 0.3) is 0 Å². The van der Waals surface area contributed by atoms with Crippen molar-refractivity contribution in [1.82, 2.24) is 5.32 Å². The normalized spacial score (nSPS) is 10.4. The van der Waals surface area contributed by atoms with Crippen LogP contribution in [0.4, 0.5) is 5.69 Å². The molecule has 0 bridgehead atoms. The summed E-state index contributed by atoms with van der Waals surface area (Å²) in [7, 11) is 2.11. The summed E-state index contributed by atoms with van der Waals surface area (Å²) in [5, 5.41) is 3.39. The van der Waals surface area contributed by atoms with Gasteiger partial charge in [0.15, 0.2) is 0 Å². The van der Waals surface area contributed by atoms with Crippen LogP contribution >= 0.6 is 0 Å². The highest BCUT2D eigenvalue weighted by Gasteiger charge is 1.99. The third-order valence-electron chi connectivity index (χ3n) is 2.73. The van der Waals surface area contributed by atoms with E-state index in [1.807, 2.05) is 12.1 Å². The maximum Gasteiger partial charge on any atom is 0.0947 e. The van der Waals surface area contributed by atoms with Crippen molar-refractivity contribution in [2.24, 2.45) is 0 Å². The fraction of sp³-hybridized carbons (Fsp3) is 0.286. The van der Waals surface area contributed by atoms with Gasteiger partial charge in [0.05, 0.1) is 12.5 Å². The lowest BCUT2D eigenvalue weighted by molar-refractivity contribution is 0.560. The Balaban J connectivity index is 1.68. The Hall–Kier alpha value is -1.74. The third kappa shape index (κ3) is 3.64. The van der Waals surface area contributed by atoms with Crippen LogP contribution < -0.4 is 10.2 Å². The second kappa shape index (κ2) is 6.11. The first kappa shape index (κ1) is 11.7. The molecule has 0 saturated heterocycles. The zero-order valence-corrected chi connectivity index (χ0v) is 10.1. The average Bonchev–Trinajstić information content (AvgIpc) is 2.88. The van der Waals surface area contributed by atoms with Gasteiger partial charge in [-0.2, -0.15) is 0 Å². The van der Waals surface area contributed by atoms with Crippen LogP contribution in [-0.2, 0) is 6.54 Å². The Bertz CT molecular complexity index is 411. The van der Waals surface area contributed by atoms with E-state index >= 15 is 0 Å². The number of anilines is 1. The molecule has 0 amide bonds. The van der Waals surface area contributed by atoms with Crippen LogP contribution in [0.1, 0.15) is 5.56 Å². The van der Waals surface area contributed by atoms with Crippen LogP contribution in [0, 0.1) is 0 Å². The summed E-state index contributed by atoms with van der Waals surface area (Å²) in [6.07, 6.45) is 3.47. The van der Waals surface area contributed by atoms with Crippen molar-refractivity contribution in [3.05, 3.63) is 54.5 Å². The number of rotatable bonds is 6. The van der Waals surface area contributed by atoms with Gasteiger partial charge in [-0.1, -0.05) is 18.2 Å². The number of para-hydroxylation sites is 1. The molecule has 1 aromatic heterocycles. The van der Waals surface area contributed by atoms with Gasteiger partial charge in [-0.3, -0.25) is 0 Å². The van der Waals surface area contributed by atoms with E-state index in [0.717, 1.165) is 19.6 Å². The summed E-state index contributed by atoms with van der Waals surface area (Å²) in [4.78, 5) is 2.24. The van der Waals surface area contributed by atoms with E-state index in [2.05, 4.69) is 41.5 Å². The smallest absolute Gasteiger partial charge is 0.0947 e. The van der Waals surface area contributed by atoms with Gasteiger partial charge < -0.3 is 14.6 Å². The van der Waals surface area contributed by atoms with Crippen LogP contribution in [0.2, 0.25) is 0 Å². The number of nitrogens with one attached hydrogen (secondary N) is 1. The molecule has 0 fully saturated rings. The first-order valence-corrected chi connectivity index (χ1v) is 5.84. The highest BCUT2D eigenvalue weighted by molar-refractivity contribution is 5.44. The third-order valence-corrected chi connectivity index (χ3v) is 2.73. The Morgan fingerprint density at radius 2 is 2.00 bits per heavy atom. The number of furan rings is 1. The Labute approximate surface area is 102 Å². The topological polar surface area (TPSA) is 28.4 Å². The van der Waals surface area contributed by atoms with Gasteiger partial charge in [-0.25, -0.2) is 0 Å². The van der Waals surface area contributed by atoms with Crippen molar-refractivity contribution in [1.29, 1.82) is 0 Å². The molecule has 3 nitrogen and oxygen atoms in total. The van der Waals surface area contributed by atoms with Gasteiger partial charge in [-0.15, -0.1) is 0 Å². The van der Waals surface area contributed by atoms with Crippen LogP contribution in [0.5, 0.6) is 0 Å². The predicted molar refractivity (Wildman–Crippen MR) is 70.1 cm³/mol. The minimum absolute atomic E-state index is 0.860. The highest BCUT2D eigenvalue weighted by Crippen LogP contribution is 2.09. The van der Waals surface area contributed by atoms with E-state index in [1.54, 1.807) is 12.5 Å². The molecule has 1 heterocycles. The largest absolute Gasteiger partial charge is 0.472 e. The van der Waals surface area contributed by atoms with Gasteiger partial charge in [0.2, 0.25) is 0 Å². The van der Waals surface area contributed by atoms with Crippen molar-refractivity contribution < 1.29 is 4.42 Å². The molecule has 17 heavy (non-hydrogen) atoms. The number of hydrogen-bond acceptors (Lipinski definition) is 3. The van der Waals surface area contributed by atoms with E-state index < -0.39 is 0 Å². The molecule has 0 unspecified atom stereocenters. The maximum absolute atomic E-state index is 5.01. The summed E-state index contributed by atoms with van der Waals surface area (Å²) >= 11 is 0. The molecule has 0 saturated carbocycles. The fourth-order valence-electron chi connectivity index (χ4n) is 1.68. The minimum Gasteiger partial charge on any atom is -0.472 e. The van der Waals surface area contributed by atoms with E-state index in [-0.39, 0.29) is 0 Å². The molecular formula is C14H18N2O. The molecule has 0 aliphatic carbocycles. The number of nitrogens with zero attached hydrogens (tertiary/aromatic N) is 1. The summed E-state index contributed by atoms with van der Waals surface area (Å²) < 4.78 is 5.01. The molecule has 0 aliphatic heterocycles. The quantitative estimate of drug-likeness (QED) is 0.773. The standard InChI is InChI=1S/C14H18N2O/c1-16(14-5-3-2-4-6-14)9-8-15-11-13-7-10-17-12-13/h2-7,10,12,15H,8-9,11H2,1H3. The second-order valence-corrected chi connectivity index (χ2v) is 4.07. The van der Waals surface area contributed by atoms with Crippen LogP contribution in [0.15, 0.2) is 53.3 Å². The van der Waals surface area contributed by atoms with Gasteiger partial charge in [0, 0.05) is 37.9 Å². The monoisotopic (exact) mass is 230 g/mol. The van der Waals surface area contributed by atoms with E-state index in [9.17, 15) is 0 Å². The Morgan fingerprint density at radius 3 is 2.71 bits per heavy atom. The molecule has 0 radical (unpaired) electrons. The SMILES string of the molecule is CN(CCNCc1ccoc1)c1ccccc1. The molecule has 2 aromatic rings. The first-order chi connectivity index (χ1) is 8.36. The maximum atomic E-state index is 5.01. The number of likely N-dealkylation sites (N-methyl/N-ethyl adjacent to an activating group) is 1. The molecule has 1 N–H and O–H groups in total. The Morgan fingerprint density at radius 1 is 1.18 bits per heavy atom. The highest BCUT2D eigenvalue weighted by atomic mass is 16.3. The minimum atomic E-state index is 0.860.